The average Bonchev–Trinajstić information content (AvgIpc) is 3.34. The summed E-state index contributed by atoms with van der Waals surface area (Å²) in [5.74, 6) is 3.99. The predicted octanol–water partition coefficient (Wildman–Crippen LogP) is 4.90. The molecular weight excluding hydrogens is 534 g/mol. The van der Waals surface area contributed by atoms with E-state index in [1.807, 2.05) is 13.8 Å². The molecule has 10 atom stereocenters. The van der Waals surface area contributed by atoms with E-state index in [4.69, 9.17) is 11.5 Å². The van der Waals surface area contributed by atoms with E-state index < -0.39 is 0 Å². The van der Waals surface area contributed by atoms with Gasteiger partial charge in [0.05, 0.1) is 6.10 Å². The van der Waals surface area contributed by atoms with E-state index >= 15 is 0 Å². The summed E-state index contributed by atoms with van der Waals surface area (Å²) in [4.78, 5) is 14.9. The fourth-order valence-corrected chi connectivity index (χ4v) is 10.9. The van der Waals surface area contributed by atoms with Gasteiger partial charge in [-0.2, -0.15) is 0 Å². The van der Waals surface area contributed by atoms with E-state index in [2.05, 4.69) is 36.3 Å². The van der Waals surface area contributed by atoms with E-state index in [9.17, 15) is 9.90 Å². The molecule has 0 bridgehead atoms. The molecule has 1 amide bonds. The zero-order valence-electron chi connectivity index (χ0n) is 28.6. The van der Waals surface area contributed by atoms with Crippen LogP contribution in [-0.2, 0) is 4.79 Å². The molecule has 43 heavy (non-hydrogen) atoms. The van der Waals surface area contributed by atoms with Gasteiger partial charge in [-0.15, -0.1) is 0 Å². The molecular formula is C36H69N5O2. The van der Waals surface area contributed by atoms with Gasteiger partial charge in [-0.3, -0.25) is 4.79 Å². The normalized spacial score (nSPS) is 38.0. The summed E-state index contributed by atoms with van der Waals surface area (Å²) in [5.41, 5.74) is 11.9. The van der Waals surface area contributed by atoms with Crippen LogP contribution in [0.4, 0.5) is 0 Å². The summed E-state index contributed by atoms with van der Waals surface area (Å²) in [6, 6.07) is 0.837. The summed E-state index contributed by atoms with van der Waals surface area (Å²) in [5, 5.41) is 19.0. The molecule has 0 radical (unpaired) electrons. The topological polar surface area (TPSA) is 117 Å². The number of carbonyl (C=O) groups is 1. The van der Waals surface area contributed by atoms with Gasteiger partial charge < -0.3 is 32.1 Å². The molecule has 4 rings (SSSR count). The second-order valence-corrected chi connectivity index (χ2v) is 16.1. The van der Waals surface area contributed by atoms with E-state index in [0.29, 0.717) is 41.5 Å². The number of aliphatic hydroxyl groups is 1. The molecule has 0 spiro atoms. The van der Waals surface area contributed by atoms with Crippen molar-refractivity contribution < 1.29 is 9.90 Å². The molecule has 0 saturated heterocycles. The largest absolute Gasteiger partial charge is 0.393 e. The molecule has 5 unspecified atom stereocenters. The van der Waals surface area contributed by atoms with E-state index in [-0.39, 0.29) is 23.5 Å². The molecule has 7 heteroatoms. The Morgan fingerprint density at radius 2 is 1.63 bits per heavy atom. The van der Waals surface area contributed by atoms with Gasteiger partial charge in [0.1, 0.15) is 0 Å². The number of nitrogens with two attached hydrogens (primary N) is 2. The summed E-state index contributed by atoms with van der Waals surface area (Å²) in [6.07, 6.45) is 14.7. The van der Waals surface area contributed by atoms with Crippen LogP contribution in [0.15, 0.2) is 0 Å². The zero-order valence-corrected chi connectivity index (χ0v) is 28.6. The maximum absolute atomic E-state index is 12.4. The van der Waals surface area contributed by atoms with Crippen molar-refractivity contribution in [2.24, 2.45) is 57.8 Å². The van der Waals surface area contributed by atoms with Crippen LogP contribution in [0.25, 0.3) is 0 Å². The SMILES string of the molecule is CC(C)NC(=O)CC[C@@H](C)C1CCC2C3CCC4C[C@@H](NCCCN(CCCN)CCCN)CC[C@]4(C)C3C[C@H](O)[C@@]21C. The van der Waals surface area contributed by atoms with Gasteiger partial charge in [-0.1, -0.05) is 20.8 Å². The minimum absolute atomic E-state index is 0.000743. The first-order chi connectivity index (χ1) is 20.5. The lowest BCUT2D eigenvalue weighted by atomic mass is 9.43. The van der Waals surface area contributed by atoms with Crippen LogP contribution < -0.4 is 22.1 Å². The lowest BCUT2D eigenvalue weighted by Gasteiger charge is -2.62. The highest BCUT2D eigenvalue weighted by Crippen LogP contribution is 2.68. The van der Waals surface area contributed by atoms with Gasteiger partial charge in [0.2, 0.25) is 5.91 Å². The highest BCUT2D eigenvalue weighted by atomic mass is 16.3. The van der Waals surface area contributed by atoms with Crippen molar-refractivity contribution in [3.63, 3.8) is 0 Å². The highest BCUT2D eigenvalue weighted by Gasteiger charge is 2.63. The minimum Gasteiger partial charge on any atom is -0.393 e. The summed E-state index contributed by atoms with van der Waals surface area (Å²) in [7, 11) is 0. The smallest absolute Gasteiger partial charge is 0.220 e. The first-order valence-corrected chi connectivity index (χ1v) is 18.4. The summed E-state index contributed by atoms with van der Waals surface area (Å²) >= 11 is 0. The molecule has 0 aromatic rings. The molecule has 7 nitrogen and oxygen atoms in total. The third-order valence-corrected chi connectivity index (χ3v) is 13.2. The van der Waals surface area contributed by atoms with Crippen molar-refractivity contribution in [1.82, 2.24) is 15.5 Å². The van der Waals surface area contributed by atoms with Crippen LogP contribution in [0.1, 0.15) is 118 Å². The molecule has 4 saturated carbocycles. The van der Waals surface area contributed by atoms with Gasteiger partial charge in [0, 0.05) is 18.5 Å². The molecule has 0 aliphatic heterocycles. The Morgan fingerprint density at radius 1 is 0.930 bits per heavy atom. The van der Waals surface area contributed by atoms with Crippen LogP contribution in [0, 0.1) is 46.3 Å². The van der Waals surface area contributed by atoms with Crippen molar-refractivity contribution in [3.05, 3.63) is 0 Å². The molecule has 0 aromatic heterocycles. The van der Waals surface area contributed by atoms with E-state index in [1.165, 1.54) is 51.4 Å². The fraction of sp³-hybridized carbons (Fsp3) is 0.972. The molecule has 0 aromatic carbocycles. The number of nitrogens with one attached hydrogen (secondary N) is 2. The quantitative estimate of drug-likeness (QED) is 0.160. The fourth-order valence-electron chi connectivity index (χ4n) is 10.9. The van der Waals surface area contributed by atoms with Gasteiger partial charge in [0.25, 0.3) is 0 Å². The zero-order chi connectivity index (χ0) is 31.2. The molecule has 250 valence electrons. The molecule has 0 heterocycles. The molecule has 4 aliphatic rings. The van der Waals surface area contributed by atoms with E-state index in [0.717, 1.165) is 76.8 Å². The Labute approximate surface area is 264 Å². The first kappa shape index (κ1) is 35.1. The first-order valence-electron chi connectivity index (χ1n) is 18.4. The Bertz CT molecular complexity index is 863. The maximum atomic E-state index is 12.4. The monoisotopic (exact) mass is 604 g/mol. The molecule has 4 fully saturated rings. The number of amides is 1. The van der Waals surface area contributed by atoms with Crippen molar-refractivity contribution in [2.75, 3.05) is 39.3 Å². The highest BCUT2D eigenvalue weighted by molar-refractivity contribution is 5.76. The predicted molar refractivity (Wildman–Crippen MR) is 178 cm³/mol. The van der Waals surface area contributed by atoms with Crippen LogP contribution >= 0.6 is 0 Å². The van der Waals surface area contributed by atoms with E-state index in [1.54, 1.807) is 0 Å². The lowest BCUT2D eigenvalue weighted by molar-refractivity contribution is -0.169. The second-order valence-electron chi connectivity index (χ2n) is 16.1. The van der Waals surface area contributed by atoms with Gasteiger partial charge in [0.15, 0.2) is 0 Å². The van der Waals surface area contributed by atoms with Crippen molar-refractivity contribution in [1.29, 1.82) is 0 Å². The third kappa shape index (κ3) is 7.99. The summed E-state index contributed by atoms with van der Waals surface area (Å²) in [6.45, 7) is 17.4. The van der Waals surface area contributed by atoms with Gasteiger partial charge in [-0.05, 0) is 177 Å². The average molecular weight is 604 g/mol. The minimum atomic E-state index is -0.217. The van der Waals surface area contributed by atoms with Crippen molar-refractivity contribution in [2.45, 2.75) is 136 Å². The van der Waals surface area contributed by atoms with Crippen molar-refractivity contribution >= 4 is 5.91 Å². The molecule has 7 N–H and O–H groups in total. The third-order valence-electron chi connectivity index (χ3n) is 13.2. The number of aliphatic hydroxyl groups excluding tert-OH is 1. The lowest BCUT2D eigenvalue weighted by Crippen LogP contribution is -2.59. The number of fused-ring (bicyclic) bond motifs is 5. The standard InChI is InChI=1S/C36H69N5O2/c1-25(2)40-34(43)14-9-26(3)30-12-13-31-29-11-10-27-23-28(39-19-8-22-41(20-6-17-37)21-7-18-38)15-16-35(27,4)32(29)24-33(42)36(30,31)5/h25-33,39,42H,6-24,37-38H2,1-5H3,(H,40,43)/t26-,27?,28+,29?,30?,31?,32?,33+,35+,36-/m1/s1. The van der Waals surface area contributed by atoms with Crippen LogP contribution in [0.3, 0.4) is 0 Å². The van der Waals surface area contributed by atoms with Crippen LogP contribution in [0.2, 0.25) is 0 Å². The number of hydrogen-bond acceptors (Lipinski definition) is 6. The van der Waals surface area contributed by atoms with Crippen LogP contribution in [0.5, 0.6) is 0 Å². The Balaban J connectivity index is 1.30. The van der Waals surface area contributed by atoms with Gasteiger partial charge in [-0.25, -0.2) is 0 Å². The van der Waals surface area contributed by atoms with Gasteiger partial charge >= 0.3 is 0 Å². The Kier molecular flexibility index (Phi) is 12.8. The number of rotatable bonds is 16. The molecule has 4 aliphatic carbocycles. The number of hydrogen-bond donors (Lipinski definition) is 5. The Hall–Kier alpha value is -0.730. The Morgan fingerprint density at radius 3 is 2.30 bits per heavy atom. The van der Waals surface area contributed by atoms with Crippen molar-refractivity contribution in [3.8, 4) is 0 Å². The van der Waals surface area contributed by atoms with Crippen LogP contribution in [-0.4, -0.2) is 73.4 Å². The maximum Gasteiger partial charge on any atom is 0.220 e. The number of carbonyl (C=O) groups excluding carboxylic acids is 1. The second kappa shape index (κ2) is 15.7. The summed E-state index contributed by atoms with van der Waals surface area (Å²) < 4.78 is 0. The number of nitrogens with zero attached hydrogens (tertiary/aromatic N) is 1.